The summed E-state index contributed by atoms with van der Waals surface area (Å²) < 4.78 is 10.4. The monoisotopic (exact) mass is 347 g/mol. The zero-order valence-corrected chi connectivity index (χ0v) is 14.7. The van der Waals surface area contributed by atoms with Gasteiger partial charge in [0.25, 0.3) is 0 Å². The Balaban J connectivity index is 1.82. The maximum atomic E-state index is 11.9. The minimum atomic E-state index is -0.452. The van der Waals surface area contributed by atoms with Gasteiger partial charge in [-0.25, -0.2) is 5.43 Å². The van der Waals surface area contributed by atoms with Gasteiger partial charge in [0.05, 0.1) is 20.4 Å². The number of benzene rings is 1. The van der Waals surface area contributed by atoms with Gasteiger partial charge in [-0.15, -0.1) is 0 Å². The van der Waals surface area contributed by atoms with E-state index >= 15 is 0 Å². The van der Waals surface area contributed by atoms with Gasteiger partial charge in [0, 0.05) is 11.6 Å². The largest absolute Gasteiger partial charge is 0.497 e. The summed E-state index contributed by atoms with van der Waals surface area (Å²) in [6, 6.07) is 5.45. The number of amides is 2. The van der Waals surface area contributed by atoms with Crippen LogP contribution in [0.1, 0.15) is 44.1 Å². The van der Waals surface area contributed by atoms with Crippen LogP contribution < -0.4 is 20.2 Å². The third-order valence-corrected chi connectivity index (χ3v) is 4.12. The second kappa shape index (κ2) is 9.66. The van der Waals surface area contributed by atoms with Gasteiger partial charge in [-0.1, -0.05) is 19.3 Å². The Bertz CT molecular complexity index is 625. The number of hydrazone groups is 1. The molecule has 0 heterocycles. The molecule has 2 N–H and O–H groups in total. The Kier molecular flexibility index (Phi) is 7.25. The quantitative estimate of drug-likeness (QED) is 0.448. The third-order valence-electron chi connectivity index (χ3n) is 4.12. The molecule has 0 aromatic heterocycles. The van der Waals surface area contributed by atoms with Crippen molar-refractivity contribution in [1.82, 2.24) is 10.7 Å². The number of nitrogens with one attached hydrogen (secondary N) is 2. The molecular weight excluding hydrogens is 322 g/mol. The third kappa shape index (κ3) is 6.10. The van der Waals surface area contributed by atoms with Crippen LogP contribution in [-0.2, 0) is 9.59 Å². The fourth-order valence-electron chi connectivity index (χ4n) is 2.83. The number of methoxy groups -OCH3 is 2. The van der Waals surface area contributed by atoms with E-state index in [1.54, 1.807) is 32.4 Å². The minimum absolute atomic E-state index is 0.193. The van der Waals surface area contributed by atoms with Crippen molar-refractivity contribution in [2.45, 2.75) is 44.6 Å². The van der Waals surface area contributed by atoms with Crippen LogP contribution in [0.25, 0.3) is 0 Å². The second-order valence-electron chi connectivity index (χ2n) is 5.98. The highest BCUT2D eigenvalue weighted by Gasteiger charge is 2.17. The molecule has 0 aliphatic heterocycles. The Labute approximate surface area is 147 Å². The van der Waals surface area contributed by atoms with Gasteiger partial charge >= 0.3 is 0 Å². The lowest BCUT2D eigenvalue weighted by molar-refractivity contribution is -0.129. The molecule has 2 rings (SSSR count). The first-order valence-corrected chi connectivity index (χ1v) is 8.45. The van der Waals surface area contributed by atoms with E-state index in [1.165, 1.54) is 12.6 Å². The molecule has 0 radical (unpaired) electrons. The summed E-state index contributed by atoms with van der Waals surface area (Å²) in [5.41, 5.74) is 3.02. The summed E-state index contributed by atoms with van der Waals surface area (Å²) in [5, 5.41) is 6.79. The van der Waals surface area contributed by atoms with Crippen molar-refractivity contribution in [2.75, 3.05) is 14.2 Å². The van der Waals surface area contributed by atoms with Crippen LogP contribution in [0.3, 0.4) is 0 Å². The highest BCUT2D eigenvalue weighted by molar-refractivity contribution is 5.97. The Morgan fingerprint density at radius 2 is 1.92 bits per heavy atom. The molecule has 136 valence electrons. The Hall–Kier alpha value is -2.57. The Morgan fingerprint density at radius 1 is 1.16 bits per heavy atom. The van der Waals surface area contributed by atoms with Gasteiger partial charge in [-0.05, 0) is 31.0 Å². The van der Waals surface area contributed by atoms with Gasteiger partial charge in [-0.2, -0.15) is 5.10 Å². The average Bonchev–Trinajstić information content (AvgIpc) is 2.62. The molecule has 25 heavy (non-hydrogen) atoms. The lowest BCUT2D eigenvalue weighted by Gasteiger charge is -2.22. The standard InChI is InChI=1S/C18H25N3O4/c1-24-15-8-9-16(25-2)13(10-15)12-19-21-18(23)11-17(22)20-14-6-4-3-5-7-14/h8-10,12,14H,3-7,11H2,1-2H3,(H,20,22)(H,21,23)/b19-12-. The van der Waals surface area contributed by atoms with Crippen molar-refractivity contribution >= 4 is 18.0 Å². The highest BCUT2D eigenvalue weighted by atomic mass is 16.5. The van der Waals surface area contributed by atoms with Crippen LogP contribution in [0.4, 0.5) is 0 Å². The molecular formula is C18H25N3O4. The predicted octanol–water partition coefficient (Wildman–Crippen LogP) is 1.99. The fourth-order valence-corrected chi connectivity index (χ4v) is 2.83. The maximum absolute atomic E-state index is 11.9. The summed E-state index contributed by atoms with van der Waals surface area (Å²) in [7, 11) is 3.11. The Morgan fingerprint density at radius 3 is 2.60 bits per heavy atom. The van der Waals surface area contributed by atoms with E-state index in [4.69, 9.17) is 9.47 Å². The number of hydrogen-bond donors (Lipinski definition) is 2. The molecule has 1 aromatic rings. The number of carbonyl (C=O) groups excluding carboxylic acids is 2. The number of nitrogens with zero attached hydrogens (tertiary/aromatic N) is 1. The summed E-state index contributed by atoms with van der Waals surface area (Å²) in [6.07, 6.45) is 6.67. The summed E-state index contributed by atoms with van der Waals surface area (Å²) in [4.78, 5) is 23.7. The van der Waals surface area contributed by atoms with E-state index in [2.05, 4.69) is 15.8 Å². The molecule has 0 unspecified atom stereocenters. The van der Waals surface area contributed by atoms with Crippen LogP contribution in [0, 0.1) is 0 Å². The smallest absolute Gasteiger partial charge is 0.249 e. The van der Waals surface area contributed by atoms with Crippen molar-refractivity contribution in [3.63, 3.8) is 0 Å². The predicted molar refractivity (Wildman–Crippen MR) is 94.9 cm³/mol. The topological polar surface area (TPSA) is 89.0 Å². The van der Waals surface area contributed by atoms with E-state index in [0.717, 1.165) is 25.7 Å². The molecule has 7 nitrogen and oxygen atoms in total. The van der Waals surface area contributed by atoms with Crippen LogP contribution in [-0.4, -0.2) is 38.3 Å². The molecule has 1 aliphatic rings. The molecule has 0 saturated heterocycles. The van der Waals surface area contributed by atoms with Crippen molar-refractivity contribution in [2.24, 2.45) is 5.10 Å². The van der Waals surface area contributed by atoms with E-state index in [-0.39, 0.29) is 18.4 Å². The molecule has 1 aliphatic carbocycles. The van der Waals surface area contributed by atoms with Crippen molar-refractivity contribution < 1.29 is 19.1 Å². The first-order chi connectivity index (χ1) is 12.1. The first kappa shape index (κ1) is 18.8. The number of carbonyl (C=O) groups is 2. The van der Waals surface area contributed by atoms with Gasteiger partial charge < -0.3 is 14.8 Å². The van der Waals surface area contributed by atoms with Crippen LogP contribution in [0.15, 0.2) is 23.3 Å². The van der Waals surface area contributed by atoms with Gasteiger partial charge in [0.1, 0.15) is 17.9 Å². The minimum Gasteiger partial charge on any atom is -0.497 e. The average molecular weight is 347 g/mol. The zero-order valence-electron chi connectivity index (χ0n) is 14.7. The highest BCUT2D eigenvalue weighted by Crippen LogP contribution is 2.22. The van der Waals surface area contributed by atoms with Gasteiger partial charge in [0.15, 0.2) is 0 Å². The van der Waals surface area contributed by atoms with E-state index in [1.807, 2.05) is 0 Å². The van der Waals surface area contributed by atoms with Crippen LogP contribution in [0.2, 0.25) is 0 Å². The van der Waals surface area contributed by atoms with Crippen LogP contribution >= 0.6 is 0 Å². The summed E-state index contributed by atoms with van der Waals surface area (Å²) in [6.45, 7) is 0. The molecule has 0 bridgehead atoms. The number of hydrogen-bond acceptors (Lipinski definition) is 5. The normalized spacial score (nSPS) is 15.0. The van der Waals surface area contributed by atoms with Gasteiger partial charge in [-0.3, -0.25) is 9.59 Å². The molecule has 1 aromatic carbocycles. The molecule has 1 fully saturated rings. The van der Waals surface area contributed by atoms with E-state index in [9.17, 15) is 9.59 Å². The maximum Gasteiger partial charge on any atom is 0.249 e. The lowest BCUT2D eigenvalue weighted by Crippen LogP contribution is -2.38. The second-order valence-corrected chi connectivity index (χ2v) is 5.98. The van der Waals surface area contributed by atoms with E-state index < -0.39 is 5.91 Å². The SMILES string of the molecule is COc1ccc(OC)c(/C=N\NC(=O)CC(=O)NC2CCCCC2)c1. The molecule has 7 heteroatoms. The number of ether oxygens (including phenoxy) is 2. The zero-order chi connectivity index (χ0) is 18.1. The van der Waals surface area contributed by atoms with Gasteiger partial charge in [0.2, 0.25) is 11.8 Å². The van der Waals surface area contributed by atoms with E-state index in [0.29, 0.717) is 17.1 Å². The van der Waals surface area contributed by atoms with Crippen molar-refractivity contribution in [3.8, 4) is 11.5 Å². The first-order valence-electron chi connectivity index (χ1n) is 8.45. The van der Waals surface area contributed by atoms with Crippen molar-refractivity contribution in [3.05, 3.63) is 23.8 Å². The molecule has 0 spiro atoms. The molecule has 2 amide bonds. The summed E-state index contributed by atoms with van der Waals surface area (Å²) in [5.74, 6) is 0.541. The van der Waals surface area contributed by atoms with Crippen LogP contribution in [0.5, 0.6) is 11.5 Å². The molecule has 1 saturated carbocycles. The number of rotatable bonds is 7. The molecule has 0 atom stereocenters. The summed E-state index contributed by atoms with van der Waals surface area (Å²) >= 11 is 0. The lowest BCUT2D eigenvalue weighted by atomic mass is 9.95. The van der Waals surface area contributed by atoms with Crippen molar-refractivity contribution in [1.29, 1.82) is 0 Å². The fraction of sp³-hybridized carbons (Fsp3) is 0.500.